The maximum absolute atomic E-state index is 13.0. The normalized spacial score (nSPS) is 10.6. The second-order valence-electron chi connectivity index (χ2n) is 3.14. The summed E-state index contributed by atoms with van der Waals surface area (Å²) in [4.78, 5) is 4.18. The van der Waals surface area contributed by atoms with Crippen LogP contribution < -0.4 is 5.73 Å². The molecule has 0 saturated heterocycles. The Morgan fingerprint density at radius 1 is 1.47 bits per heavy atom. The Balaban J connectivity index is 2.49. The molecule has 0 aliphatic rings. The highest BCUT2D eigenvalue weighted by Crippen LogP contribution is 2.33. The quantitative estimate of drug-likeness (QED) is 0.870. The number of thiazole rings is 1. The molecule has 0 saturated carbocycles. The SMILES string of the molecule is Cc1cc(-c2nc(N)c(Br)s2)ccc1F. The van der Waals surface area contributed by atoms with Crippen LogP contribution in [0.25, 0.3) is 10.6 Å². The minimum absolute atomic E-state index is 0.206. The zero-order chi connectivity index (χ0) is 11.0. The molecule has 1 heterocycles. The number of nitrogens with zero attached hydrogens (tertiary/aromatic N) is 1. The largest absolute Gasteiger partial charge is 0.382 e. The van der Waals surface area contributed by atoms with Crippen LogP contribution in [0.15, 0.2) is 22.0 Å². The molecule has 0 atom stereocenters. The van der Waals surface area contributed by atoms with Crippen molar-refractivity contribution < 1.29 is 4.39 Å². The second-order valence-corrected chi connectivity index (χ2v) is 5.46. The number of rotatable bonds is 1. The lowest BCUT2D eigenvalue weighted by Gasteiger charge is -1.99. The molecule has 5 heteroatoms. The maximum atomic E-state index is 13.0. The van der Waals surface area contributed by atoms with Gasteiger partial charge in [-0.3, -0.25) is 0 Å². The van der Waals surface area contributed by atoms with E-state index in [9.17, 15) is 4.39 Å². The van der Waals surface area contributed by atoms with Gasteiger partial charge >= 0.3 is 0 Å². The molecule has 1 aromatic carbocycles. The van der Waals surface area contributed by atoms with Gasteiger partial charge in [0.15, 0.2) is 0 Å². The van der Waals surface area contributed by atoms with Crippen molar-refractivity contribution in [2.45, 2.75) is 6.92 Å². The van der Waals surface area contributed by atoms with Crippen molar-refractivity contribution in [3.63, 3.8) is 0 Å². The summed E-state index contributed by atoms with van der Waals surface area (Å²) in [7, 11) is 0. The van der Waals surface area contributed by atoms with E-state index in [2.05, 4.69) is 20.9 Å². The summed E-state index contributed by atoms with van der Waals surface area (Å²) in [5.74, 6) is 0.263. The number of hydrogen-bond acceptors (Lipinski definition) is 3. The molecule has 0 bridgehead atoms. The molecule has 15 heavy (non-hydrogen) atoms. The highest BCUT2D eigenvalue weighted by molar-refractivity contribution is 9.11. The lowest BCUT2D eigenvalue weighted by molar-refractivity contribution is 0.619. The molecule has 0 radical (unpaired) electrons. The van der Waals surface area contributed by atoms with E-state index in [-0.39, 0.29) is 5.82 Å². The van der Waals surface area contributed by atoms with Crippen LogP contribution in [-0.2, 0) is 0 Å². The first kappa shape index (κ1) is 10.6. The van der Waals surface area contributed by atoms with Crippen LogP contribution in [0.4, 0.5) is 10.2 Å². The molecule has 0 fully saturated rings. The van der Waals surface area contributed by atoms with Crippen LogP contribution in [0.2, 0.25) is 0 Å². The van der Waals surface area contributed by atoms with Gasteiger partial charge in [0.25, 0.3) is 0 Å². The summed E-state index contributed by atoms with van der Waals surface area (Å²) in [6.07, 6.45) is 0. The molecular formula is C10H8BrFN2S. The van der Waals surface area contributed by atoms with Crippen molar-refractivity contribution in [1.82, 2.24) is 4.98 Å². The molecule has 2 rings (SSSR count). The number of hydrogen-bond donors (Lipinski definition) is 1. The molecule has 0 unspecified atom stereocenters. The van der Waals surface area contributed by atoms with Gasteiger partial charge in [-0.05, 0) is 46.6 Å². The summed E-state index contributed by atoms with van der Waals surface area (Å²) in [6, 6.07) is 4.91. The fraction of sp³-hybridized carbons (Fsp3) is 0.100. The van der Waals surface area contributed by atoms with Gasteiger partial charge in [0, 0.05) is 5.56 Å². The Morgan fingerprint density at radius 2 is 2.20 bits per heavy atom. The predicted molar refractivity (Wildman–Crippen MR) is 64.4 cm³/mol. The van der Waals surface area contributed by atoms with Gasteiger partial charge in [-0.25, -0.2) is 9.37 Å². The van der Waals surface area contributed by atoms with E-state index in [1.54, 1.807) is 19.1 Å². The van der Waals surface area contributed by atoms with Crippen molar-refractivity contribution in [2.75, 3.05) is 5.73 Å². The first-order chi connectivity index (χ1) is 7.08. The van der Waals surface area contributed by atoms with E-state index in [1.807, 2.05) is 0 Å². The molecule has 0 spiro atoms. The molecule has 0 aliphatic carbocycles. The van der Waals surface area contributed by atoms with Gasteiger partial charge in [-0.2, -0.15) is 0 Å². The highest BCUT2D eigenvalue weighted by atomic mass is 79.9. The first-order valence-electron chi connectivity index (χ1n) is 4.26. The average Bonchev–Trinajstić information content (AvgIpc) is 2.52. The Labute approximate surface area is 99.1 Å². The minimum atomic E-state index is -0.206. The summed E-state index contributed by atoms with van der Waals surface area (Å²) in [5, 5.41) is 0.794. The monoisotopic (exact) mass is 286 g/mol. The smallest absolute Gasteiger partial charge is 0.149 e. The fourth-order valence-corrected chi connectivity index (χ4v) is 2.47. The zero-order valence-corrected chi connectivity index (χ0v) is 10.3. The van der Waals surface area contributed by atoms with Gasteiger partial charge in [-0.15, -0.1) is 11.3 Å². The zero-order valence-electron chi connectivity index (χ0n) is 7.92. The van der Waals surface area contributed by atoms with Gasteiger partial charge in [-0.1, -0.05) is 0 Å². The number of halogens is 2. The third-order valence-corrected chi connectivity index (χ3v) is 3.82. The van der Waals surface area contributed by atoms with Crippen LogP contribution in [0, 0.1) is 12.7 Å². The standard InChI is InChI=1S/C10H8BrFN2S/c1-5-4-6(2-3-7(5)12)10-14-9(13)8(11)15-10/h2-4H,13H2,1H3. The molecule has 2 N–H and O–H groups in total. The molecule has 0 amide bonds. The van der Waals surface area contributed by atoms with Crippen molar-refractivity contribution in [3.8, 4) is 10.6 Å². The Kier molecular flexibility index (Phi) is 2.75. The van der Waals surface area contributed by atoms with E-state index < -0.39 is 0 Å². The van der Waals surface area contributed by atoms with E-state index in [4.69, 9.17) is 5.73 Å². The first-order valence-corrected chi connectivity index (χ1v) is 5.87. The summed E-state index contributed by atoms with van der Waals surface area (Å²) in [6.45, 7) is 1.73. The average molecular weight is 287 g/mol. The number of anilines is 1. The van der Waals surface area contributed by atoms with Gasteiger partial charge in [0.05, 0.1) is 0 Å². The van der Waals surface area contributed by atoms with Crippen LogP contribution in [0.1, 0.15) is 5.56 Å². The second kappa shape index (κ2) is 3.90. The van der Waals surface area contributed by atoms with E-state index in [1.165, 1.54) is 17.4 Å². The third kappa shape index (κ3) is 2.03. The summed E-state index contributed by atoms with van der Waals surface area (Å²) in [5.41, 5.74) is 7.12. The van der Waals surface area contributed by atoms with E-state index >= 15 is 0 Å². The Morgan fingerprint density at radius 3 is 2.73 bits per heavy atom. The number of aromatic nitrogens is 1. The maximum Gasteiger partial charge on any atom is 0.149 e. The van der Waals surface area contributed by atoms with Gasteiger partial charge in [0.2, 0.25) is 0 Å². The van der Waals surface area contributed by atoms with Crippen LogP contribution in [0.3, 0.4) is 0 Å². The lowest BCUT2D eigenvalue weighted by Crippen LogP contribution is -1.86. The van der Waals surface area contributed by atoms with Crippen molar-refractivity contribution in [2.24, 2.45) is 0 Å². The number of aryl methyl sites for hydroxylation is 1. The van der Waals surface area contributed by atoms with E-state index in [0.717, 1.165) is 14.4 Å². The molecule has 1 aromatic heterocycles. The molecule has 0 aliphatic heterocycles. The molecular weight excluding hydrogens is 279 g/mol. The summed E-state index contributed by atoms with van der Waals surface area (Å²) < 4.78 is 13.9. The third-order valence-electron chi connectivity index (χ3n) is 2.01. The van der Waals surface area contributed by atoms with E-state index in [0.29, 0.717) is 11.4 Å². The minimum Gasteiger partial charge on any atom is -0.382 e. The fourth-order valence-electron chi connectivity index (χ4n) is 1.21. The van der Waals surface area contributed by atoms with Crippen LogP contribution in [0.5, 0.6) is 0 Å². The highest BCUT2D eigenvalue weighted by Gasteiger charge is 2.08. The van der Waals surface area contributed by atoms with Crippen molar-refractivity contribution >= 4 is 33.1 Å². The number of nitrogens with two attached hydrogens (primary N) is 1. The molecule has 2 nitrogen and oxygen atoms in total. The predicted octanol–water partition coefficient (Wildman–Crippen LogP) is 3.60. The lowest BCUT2D eigenvalue weighted by atomic mass is 10.1. The van der Waals surface area contributed by atoms with Crippen LogP contribution in [-0.4, -0.2) is 4.98 Å². The topological polar surface area (TPSA) is 38.9 Å². The van der Waals surface area contributed by atoms with Crippen molar-refractivity contribution in [1.29, 1.82) is 0 Å². The number of benzene rings is 1. The van der Waals surface area contributed by atoms with Crippen LogP contribution >= 0.6 is 27.3 Å². The molecule has 78 valence electrons. The van der Waals surface area contributed by atoms with Crippen molar-refractivity contribution in [3.05, 3.63) is 33.4 Å². The summed E-state index contributed by atoms with van der Waals surface area (Å²) >= 11 is 4.74. The molecule has 2 aromatic rings. The van der Waals surface area contributed by atoms with Gasteiger partial charge < -0.3 is 5.73 Å². The number of nitrogen functional groups attached to an aromatic ring is 1. The Bertz CT molecular complexity index is 491. The Hall–Kier alpha value is -0.940. The van der Waals surface area contributed by atoms with Gasteiger partial charge in [0.1, 0.15) is 20.4 Å².